The molecule has 3 heteroatoms. The summed E-state index contributed by atoms with van der Waals surface area (Å²) in [5.74, 6) is 0.791. The van der Waals surface area contributed by atoms with Crippen molar-refractivity contribution in [2.24, 2.45) is 11.7 Å². The maximum Gasteiger partial charge on any atom is 0.114 e. The van der Waals surface area contributed by atoms with E-state index in [4.69, 9.17) is 10.7 Å². The number of nitrogens with two attached hydrogens (primary N) is 1. The van der Waals surface area contributed by atoms with Crippen molar-refractivity contribution in [1.29, 1.82) is 0 Å². The zero-order valence-corrected chi connectivity index (χ0v) is 11.4. The number of aryl methyl sites for hydroxylation is 1. The lowest BCUT2D eigenvalue weighted by Crippen LogP contribution is -2.11. The third-order valence-corrected chi connectivity index (χ3v) is 4.83. The van der Waals surface area contributed by atoms with Gasteiger partial charge in [0.2, 0.25) is 0 Å². The van der Waals surface area contributed by atoms with Crippen molar-refractivity contribution in [3.63, 3.8) is 0 Å². The van der Waals surface area contributed by atoms with E-state index < -0.39 is 0 Å². The topological polar surface area (TPSA) is 38.9 Å². The van der Waals surface area contributed by atoms with Crippen LogP contribution in [0.3, 0.4) is 0 Å². The number of rotatable bonds is 2. The number of hydrogen-bond donors (Lipinski definition) is 1. The number of aromatic nitrogens is 1. The van der Waals surface area contributed by atoms with Crippen molar-refractivity contribution in [2.75, 3.05) is 0 Å². The average Bonchev–Trinajstić information content (AvgIpc) is 2.81. The van der Waals surface area contributed by atoms with Gasteiger partial charge in [-0.2, -0.15) is 0 Å². The van der Waals surface area contributed by atoms with E-state index in [0.717, 1.165) is 22.9 Å². The lowest BCUT2D eigenvalue weighted by molar-refractivity contribution is 0.501. The van der Waals surface area contributed by atoms with Gasteiger partial charge in [-0.05, 0) is 30.7 Å². The van der Waals surface area contributed by atoms with Crippen LogP contribution in [0.4, 0.5) is 0 Å². The Morgan fingerprint density at radius 3 is 2.89 bits per heavy atom. The minimum atomic E-state index is -0.0721. The number of hydrogen-bond acceptors (Lipinski definition) is 3. The van der Waals surface area contributed by atoms with Crippen LogP contribution in [0.5, 0.6) is 0 Å². The fourth-order valence-corrected chi connectivity index (χ4v) is 3.80. The van der Waals surface area contributed by atoms with Gasteiger partial charge in [0.05, 0.1) is 11.7 Å². The summed E-state index contributed by atoms with van der Waals surface area (Å²) < 4.78 is 0. The summed E-state index contributed by atoms with van der Waals surface area (Å²) in [4.78, 5) is 6.21. The molecular formula is C15H18N2S. The fraction of sp³-hybridized carbons (Fsp3) is 0.400. The highest BCUT2D eigenvalue weighted by Gasteiger charge is 2.22. The highest BCUT2D eigenvalue weighted by molar-refractivity contribution is 7.11. The van der Waals surface area contributed by atoms with E-state index in [1.54, 1.807) is 11.3 Å². The number of benzene rings is 1. The summed E-state index contributed by atoms with van der Waals surface area (Å²) in [6.07, 6.45) is 3.56. The molecule has 0 saturated heterocycles. The first kappa shape index (κ1) is 11.9. The summed E-state index contributed by atoms with van der Waals surface area (Å²) in [6.45, 7) is 2.32. The predicted octanol–water partition coefficient (Wildman–Crippen LogP) is 3.32. The van der Waals surface area contributed by atoms with Crippen molar-refractivity contribution in [1.82, 2.24) is 4.98 Å². The standard InChI is InChI=1S/C15H18N2S/c1-10-7-8-12-13(9-10)18-15(17-12)14(16)11-5-3-2-4-6-11/h2-6,10,14H,7-9,16H2,1H3. The van der Waals surface area contributed by atoms with Crippen LogP contribution in [0.25, 0.3) is 0 Å². The molecule has 0 bridgehead atoms. The van der Waals surface area contributed by atoms with Crippen LogP contribution < -0.4 is 5.73 Å². The van der Waals surface area contributed by atoms with Crippen molar-refractivity contribution in [3.8, 4) is 0 Å². The van der Waals surface area contributed by atoms with E-state index in [0.29, 0.717) is 0 Å². The molecule has 1 aromatic carbocycles. The molecule has 1 aliphatic carbocycles. The van der Waals surface area contributed by atoms with E-state index >= 15 is 0 Å². The second kappa shape index (κ2) is 4.82. The van der Waals surface area contributed by atoms with Crippen molar-refractivity contribution < 1.29 is 0 Å². The van der Waals surface area contributed by atoms with Gasteiger partial charge in [-0.15, -0.1) is 11.3 Å². The Bertz CT molecular complexity index is 533. The summed E-state index contributed by atoms with van der Waals surface area (Å²) in [7, 11) is 0. The maximum absolute atomic E-state index is 6.31. The molecule has 0 spiro atoms. The Labute approximate surface area is 112 Å². The molecule has 3 rings (SSSR count). The van der Waals surface area contributed by atoms with E-state index in [-0.39, 0.29) is 6.04 Å². The normalized spacial score (nSPS) is 20.4. The van der Waals surface area contributed by atoms with Crippen molar-refractivity contribution in [2.45, 2.75) is 32.2 Å². The van der Waals surface area contributed by atoms with Crippen LogP contribution in [-0.2, 0) is 12.8 Å². The number of thiazole rings is 1. The number of fused-ring (bicyclic) bond motifs is 1. The van der Waals surface area contributed by atoms with E-state index in [9.17, 15) is 0 Å². The smallest absolute Gasteiger partial charge is 0.114 e. The van der Waals surface area contributed by atoms with E-state index in [2.05, 4.69) is 19.1 Å². The molecule has 0 amide bonds. The van der Waals surface area contributed by atoms with Gasteiger partial charge in [-0.1, -0.05) is 37.3 Å². The lowest BCUT2D eigenvalue weighted by atomic mass is 9.93. The predicted molar refractivity (Wildman–Crippen MR) is 75.8 cm³/mol. The maximum atomic E-state index is 6.31. The largest absolute Gasteiger partial charge is 0.318 e. The molecule has 2 unspecified atom stereocenters. The van der Waals surface area contributed by atoms with Crippen LogP contribution >= 0.6 is 11.3 Å². The van der Waals surface area contributed by atoms with Gasteiger partial charge >= 0.3 is 0 Å². The van der Waals surface area contributed by atoms with Crippen LogP contribution in [0.2, 0.25) is 0 Å². The molecule has 1 aromatic heterocycles. The fourth-order valence-electron chi connectivity index (χ4n) is 2.50. The zero-order chi connectivity index (χ0) is 12.5. The molecular weight excluding hydrogens is 240 g/mol. The van der Waals surface area contributed by atoms with Crippen LogP contribution in [-0.4, -0.2) is 4.98 Å². The Morgan fingerprint density at radius 1 is 1.33 bits per heavy atom. The molecule has 94 valence electrons. The average molecular weight is 258 g/mol. The highest BCUT2D eigenvalue weighted by Crippen LogP contribution is 2.33. The van der Waals surface area contributed by atoms with Gasteiger partial charge in [0.25, 0.3) is 0 Å². The second-order valence-electron chi connectivity index (χ2n) is 5.16. The minimum absolute atomic E-state index is 0.0721. The first-order valence-corrected chi connectivity index (χ1v) is 7.34. The third kappa shape index (κ3) is 2.20. The van der Waals surface area contributed by atoms with Gasteiger partial charge in [0.1, 0.15) is 5.01 Å². The van der Waals surface area contributed by atoms with E-state index in [1.165, 1.54) is 23.4 Å². The minimum Gasteiger partial charge on any atom is -0.318 e. The Morgan fingerprint density at radius 2 is 2.11 bits per heavy atom. The molecule has 2 nitrogen and oxygen atoms in total. The highest BCUT2D eigenvalue weighted by atomic mass is 32.1. The molecule has 1 aliphatic rings. The van der Waals surface area contributed by atoms with Gasteiger partial charge in [0.15, 0.2) is 0 Å². The second-order valence-corrected chi connectivity index (χ2v) is 6.27. The molecule has 0 saturated carbocycles. The van der Waals surface area contributed by atoms with Crippen LogP contribution in [0, 0.1) is 5.92 Å². The molecule has 2 aromatic rings. The third-order valence-electron chi connectivity index (χ3n) is 3.63. The SMILES string of the molecule is CC1CCc2nc(C(N)c3ccccc3)sc2C1. The molecule has 2 N–H and O–H groups in total. The van der Waals surface area contributed by atoms with E-state index in [1.807, 2.05) is 18.2 Å². The van der Waals surface area contributed by atoms with Crippen molar-refractivity contribution in [3.05, 3.63) is 51.5 Å². The summed E-state index contributed by atoms with van der Waals surface area (Å²) in [6, 6.07) is 10.2. The lowest BCUT2D eigenvalue weighted by Gasteiger charge is -2.15. The number of nitrogens with zero attached hydrogens (tertiary/aromatic N) is 1. The van der Waals surface area contributed by atoms with Gasteiger partial charge in [0, 0.05) is 4.88 Å². The molecule has 2 atom stereocenters. The molecule has 1 heterocycles. The van der Waals surface area contributed by atoms with Gasteiger partial charge < -0.3 is 5.73 Å². The quantitative estimate of drug-likeness (QED) is 0.897. The summed E-state index contributed by atoms with van der Waals surface area (Å²) in [5.41, 5.74) is 8.75. The Balaban J connectivity index is 1.89. The Hall–Kier alpha value is -1.19. The Kier molecular flexibility index (Phi) is 3.18. The van der Waals surface area contributed by atoms with Crippen LogP contribution in [0.15, 0.2) is 30.3 Å². The van der Waals surface area contributed by atoms with Gasteiger partial charge in [-0.3, -0.25) is 0 Å². The molecule has 0 aliphatic heterocycles. The molecule has 18 heavy (non-hydrogen) atoms. The van der Waals surface area contributed by atoms with Crippen LogP contribution in [0.1, 0.15) is 40.5 Å². The summed E-state index contributed by atoms with van der Waals surface area (Å²) in [5, 5.41) is 1.07. The monoisotopic (exact) mass is 258 g/mol. The van der Waals surface area contributed by atoms with Crippen molar-refractivity contribution >= 4 is 11.3 Å². The molecule has 0 fully saturated rings. The first-order chi connectivity index (χ1) is 8.74. The summed E-state index contributed by atoms with van der Waals surface area (Å²) >= 11 is 1.81. The zero-order valence-electron chi connectivity index (χ0n) is 10.6. The van der Waals surface area contributed by atoms with Gasteiger partial charge in [-0.25, -0.2) is 4.98 Å². The molecule has 0 radical (unpaired) electrons. The first-order valence-electron chi connectivity index (χ1n) is 6.53.